The number of hydrogen-bond donors (Lipinski definition) is 2. The fraction of sp³-hybridized carbons (Fsp3) is 0.333. The third kappa shape index (κ3) is 5.66. The third-order valence-electron chi connectivity index (χ3n) is 6.04. The summed E-state index contributed by atoms with van der Waals surface area (Å²) in [5.41, 5.74) is 7.58. The second-order valence-corrected chi connectivity index (χ2v) is 11.7. The molecule has 2 aromatic carbocycles. The zero-order valence-electron chi connectivity index (χ0n) is 18.0. The molecule has 3 aromatic rings. The number of nitrogens with two attached hydrogens (primary N) is 1. The zero-order chi connectivity index (χ0) is 23.5. The number of sulfone groups is 1. The molecule has 1 atom stereocenters. The van der Waals surface area contributed by atoms with Gasteiger partial charge in [0.1, 0.15) is 10.8 Å². The van der Waals surface area contributed by atoms with Crippen molar-refractivity contribution in [2.45, 2.75) is 37.3 Å². The lowest BCUT2D eigenvalue weighted by atomic mass is 9.83. The molecule has 1 fully saturated rings. The molecule has 3 N–H and O–H groups in total. The van der Waals surface area contributed by atoms with Crippen molar-refractivity contribution in [3.63, 3.8) is 0 Å². The molecule has 1 aliphatic rings. The van der Waals surface area contributed by atoms with E-state index in [-0.39, 0.29) is 48.9 Å². The van der Waals surface area contributed by atoms with E-state index in [4.69, 9.17) is 5.73 Å². The summed E-state index contributed by atoms with van der Waals surface area (Å²) in [4.78, 5) is 17.4. The van der Waals surface area contributed by atoms with Gasteiger partial charge in [0.25, 0.3) is 0 Å². The van der Waals surface area contributed by atoms with E-state index >= 15 is 0 Å². The molecule has 33 heavy (non-hydrogen) atoms. The van der Waals surface area contributed by atoms with E-state index in [9.17, 15) is 17.6 Å². The maximum absolute atomic E-state index is 14.0. The van der Waals surface area contributed by atoms with Crippen molar-refractivity contribution < 1.29 is 17.6 Å². The lowest BCUT2D eigenvalue weighted by Gasteiger charge is -2.39. The number of aromatic nitrogens is 1. The van der Waals surface area contributed by atoms with Crippen molar-refractivity contribution in [3.05, 3.63) is 77.1 Å². The van der Waals surface area contributed by atoms with Crippen LogP contribution in [0.1, 0.15) is 30.4 Å². The normalized spacial score (nSPS) is 17.9. The van der Waals surface area contributed by atoms with Gasteiger partial charge in [-0.1, -0.05) is 36.4 Å². The molecule has 6 nitrogen and oxygen atoms in total. The van der Waals surface area contributed by atoms with Crippen molar-refractivity contribution >= 4 is 27.1 Å². The highest BCUT2D eigenvalue weighted by atomic mass is 32.2. The van der Waals surface area contributed by atoms with Crippen LogP contribution in [0.3, 0.4) is 0 Å². The van der Waals surface area contributed by atoms with Gasteiger partial charge in [0.05, 0.1) is 17.0 Å². The quantitative estimate of drug-likeness (QED) is 0.532. The minimum atomic E-state index is -3.15. The Labute approximate surface area is 197 Å². The molecule has 0 aliphatic carbocycles. The summed E-state index contributed by atoms with van der Waals surface area (Å²) >= 11 is 1.51. The highest BCUT2D eigenvalue weighted by Crippen LogP contribution is 2.36. The first-order chi connectivity index (χ1) is 15.8. The van der Waals surface area contributed by atoms with E-state index in [0.717, 1.165) is 16.1 Å². The number of amides is 1. The minimum absolute atomic E-state index is 0.00393. The number of rotatable bonds is 7. The summed E-state index contributed by atoms with van der Waals surface area (Å²) in [5.74, 6) is -0.634. The molecule has 1 aliphatic heterocycles. The number of nitrogens with zero attached hydrogens (tertiary/aromatic N) is 1. The average molecular weight is 488 g/mol. The van der Waals surface area contributed by atoms with Crippen LogP contribution < -0.4 is 11.1 Å². The minimum Gasteiger partial charge on any atom is -0.346 e. The monoisotopic (exact) mass is 487 g/mol. The number of benzene rings is 2. The second kappa shape index (κ2) is 9.70. The van der Waals surface area contributed by atoms with Gasteiger partial charge in [0, 0.05) is 29.6 Å². The Bertz CT molecular complexity index is 1220. The van der Waals surface area contributed by atoms with Crippen LogP contribution >= 0.6 is 11.3 Å². The first-order valence-corrected chi connectivity index (χ1v) is 13.5. The van der Waals surface area contributed by atoms with Crippen molar-refractivity contribution in [3.8, 4) is 10.6 Å². The van der Waals surface area contributed by atoms with Crippen LogP contribution in [0.4, 0.5) is 4.39 Å². The SMILES string of the molecule is N[C@@H](CC(=O)NC1(c2cccc(-c3nccs3)c2)CCS(=O)(=O)CC1)Cc1ccccc1F. The summed E-state index contributed by atoms with van der Waals surface area (Å²) in [5, 5.41) is 5.84. The number of halogens is 1. The highest BCUT2D eigenvalue weighted by Gasteiger charge is 2.40. The standard InChI is InChI=1S/C24H26FN3O3S2/c25-21-7-2-1-4-17(21)15-20(26)16-22(29)28-24(8-12-33(30,31)13-9-24)19-6-3-5-18(14-19)23-27-10-11-32-23/h1-7,10-11,14,20H,8-9,12-13,15-16,26H2,(H,28,29)/t20-/m1/s1. The predicted molar refractivity (Wildman–Crippen MR) is 128 cm³/mol. The van der Waals surface area contributed by atoms with E-state index in [0.29, 0.717) is 5.56 Å². The molecule has 4 rings (SSSR count). The molecule has 174 valence electrons. The van der Waals surface area contributed by atoms with Crippen molar-refractivity contribution in [1.82, 2.24) is 10.3 Å². The summed E-state index contributed by atoms with van der Waals surface area (Å²) in [6.45, 7) is 0. The van der Waals surface area contributed by atoms with Crippen LogP contribution in [0.15, 0.2) is 60.1 Å². The fourth-order valence-electron chi connectivity index (χ4n) is 4.26. The van der Waals surface area contributed by atoms with Gasteiger partial charge in [-0.3, -0.25) is 4.79 Å². The number of thiazole rings is 1. The van der Waals surface area contributed by atoms with Gasteiger partial charge in [0.15, 0.2) is 9.84 Å². The summed E-state index contributed by atoms with van der Waals surface area (Å²) < 4.78 is 38.2. The molecule has 2 heterocycles. The summed E-state index contributed by atoms with van der Waals surface area (Å²) in [6.07, 6.45) is 2.54. The van der Waals surface area contributed by atoms with Crippen LogP contribution in [0.5, 0.6) is 0 Å². The third-order valence-corrected chi connectivity index (χ3v) is 8.51. The molecule has 0 unspecified atom stereocenters. The Morgan fingerprint density at radius 3 is 2.64 bits per heavy atom. The van der Waals surface area contributed by atoms with Gasteiger partial charge in [-0.2, -0.15) is 0 Å². The van der Waals surface area contributed by atoms with E-state index in [1.165, 1.54) is 17.4 Å². The second-order valence-electron chi connectivity index (χ2n) is 8.46. The van der Waals surface area contributed by atoms with E-state index in [2.05, 4.69) is 10.3 Å². The largest absolute Gasteiger partial charge is 0.346 e. The lowest BCUT2D eigenvalue weighted by Crippen LogP contribution is -2.51. The van der Waals surface area contributed by atoms with Crippen LogP contribution in [-0.4, -0.2) is 36.9 Å². The summed E-state index contributed by atoms with van der Waals surface area (Å²) in [7, 11) is -3.15. The topological polar surface area (TPSA) is 102 Å². The lowest BCUT2D eigenvalue weighted by molar-refractivity contribution is -0.123. The van der Waals surface area contributed by atoms with Crippen LogP contribution in [0, 0.1) is 5.82 Å². The molecule has 0 spiro atoms. The number of carbonyl (C=O) groups is 1. The molecule has 1 aromatic heterocycles. The molecule has 1 saturated heterocycles. The molecule has 1 amide bonds. The van der Waals surface area contributed by atoms with Crippen LogP contribution in [0.2, 0.25) is 0 Å². The molecule has 0 saturated carbocycles. The maximum atomic E-state index is 14.0. The smallest absolute Gasteiger partial charge is 0.222 e. The van der Waals surface area contributed by atoms with Crippen molar-refractivity contribution in [1.29, 1.82) is 0 Å². The van der Waals surface area contributed by atoms with Crippen molar-refractivity contribution in [2.75, 3.05) is 11.5 Å². The Kier molecular flexibility index (Phi) is 6.92. The number of hydrogen-bond acceptors (Lipinski definition) is 6. The van der Waals surface area contributed by atoms with Crippen LogP contribution in [0.25, 0.3) is 10.6 Å². The molecule has 9 heteroatoms. The van der Waals surface area contributed by atoms with Crippen LogP contribution in [-0.2, 0) is 26.6 Å². The predicted octanol–water partition coefficient (Wildman–Crippen LogP) is 3.43. The van der Waals surface area contributed by atoms with E-state index in [1.54, 1.807) is 24.4 Å². The number of nitrogens with one attached hydrogen (secondary N) is 1. The Balaban J connectivity index is 1.54. The Morgan fingerprint density at radius 2 is 1.94 bits per heavy atom. The molecule has 0 radical (unpaired) electrons. The fourth-order valence-corrected chi connectivity index (χ4v) is 6.42. The molecular formula is C24H26FN3O3S2. The van der Waals surface area contributed by atoms with E-state index < -0.39 is 21.4 Å². The van der Waals surface area contributed by atoms with Crippen molar-refractivity contribution in [2.24, 2.45) is 5.73 Å². The Morgan fingerprint density at radius 1 is 1.18 bits per heavy atom. The first kappa shape index (κ1) is 23.5. The molecule has 0 bridgehead atoms. The van der Waals surface area contributed by atoms with Gasteiger partial charge < -0.3 is 11.1 Å². The molecular weight excluding hydrogens is 461 g/mol. The van der Waals surface area contributed by atoms with Gasteiger partial charge in [-0.05, 0) is 42.5 Å². The average Bonchev–Trinajstić information content (AvgIpc) is 3.32. The highest BCUT2D eigenvalue weighted by molar-refractivity contribution is 7.91. The maximum Gasteiger partial charge on any atom is 0.222 e. The summed E-state index contributed by atoms with van der Waals surface area (Å²) in [6, 6.07) is 13.5. The Hall–Kier alpha value is -2.62. The van der Waals surface area contributed by atoms with Gasteiger partial charge in [0.2, 0.25) is 5.91 Å². The van der Waals surface area contributed by atoms with Gasteiger partial charge >= 0.3 is 0 Å². The van der Waals surface area contributed by atoms with E-state index in [1.807, 2.05) is 29.6 Å². The number of carbonyl (C=O) groups excluding carboxylic acids is 1. The van der Waals surface area contributed by atoms with Gasteiger partial charge in [-0.15, -0.1) is 11.3 Å². The van der Waals surface area contributed by atoms with Gasteiger partial charge in [-0.25, -0.2) is 17.8 Å². The zero-order valence-corrected chi connectivity index (χ0v) is 19.7. The first-order valence-electron chi connectivity index (χ1n) is 10.8.